The Morgan fingerprint density at radius 1 is 1.30 bits per heavy atom. The highest BCUT2D eigenvalue weighted by Gasteiger charge is 2.26. The molecule has 1 N–H and O–H groups in total. The lowest BCUT2D eigenvalue weighted by Gasteiger charge is -2.34. The summed E-state index contributed by atoms with van der Waals surface area (Å²) in [6, 6.07) is 3.94. The fraction of sp³-hybridized carbons (Fsp3) is 0.667. The summed E-state index contributed by atoms with van der Waals surface area (Å²) in [5.41, 5.74) is 1.08. The van der Waals surface area contributed by atoms with Crippen molar-refractivity contribution in [1.29, 1.82) is 0 Å². The third-order valence-corrected chi connectivity index (χ3v) is 4.50. The Morgan fingerprint density at radius 2 is 2.09 bits per heavy atom. The van der Waals surface area contributed by atoms with Crippen LogP contribution >= 0.6 is 11.6 Å². The third-order valence-electron chi connectivity index (χ3n) is 4.21. The van der Waals surface area contributed by atoms with Crippen molar-refractivity contribution in [3.8, 4) is 11.5 Å². The SMILES string of the molecule is CCCOc1c(Cl)cc(CC2CN(C)CCC2O)cc1OCC. The number of hydrogen-bond donors (Lipinski definition) is 1. The van der Waals surface area contributed by atoms with E-state index in [4.69, 9.17) is 21.1 Å². The molecule has 0 bridgehead atoms. The molecule has 5 heteroatoms. The van der Waals surface area contributed by atoms with Crippen molar-refractivity contribution in [2.45, 2.75) is 39.2 Å². The Labute approximate surface area is 144 Å². The number of benzene rings is 1. The van der Waals surface area contributed by atoms with Crippen molar-refractivity contribution >= 4 is 11.6 Å². The van der Waals surface area contributed by atoms with Crippen molar-refractivity contribution in [3.63, 3.8) is 0 Å². The highest BCUT2D eigenvalue weighted by Crippen LogP contribution is 2.38. The maximum absolute atomic E-state index is 10.2. The molecule has 2 unspecified atom stereocenters. The van der Waals surface area contributed by atoms with E-state index in [-0.39, 0.29) is 12.0 Å². The van der Waals surface area contributed by atoms with Crippen LogP contribution in [0.15, 0.2) is 12.1 Å². The molecule has 0 aliphatic carbocycles. The summed E-state index contributed by atoms with van der Waals surface area (Å²) < 4.78 is 11.4. The van der Waals surface area contributed by atoms with Crippen LogP contribution in [0.5, 0.6) is 11.5 Å². The molecular formula is C18H28ClNO3. The van der Waals surface area contributed by atoms with E-state index in [1.54, 1.807) is 0 Å². The lowest BCUT2D eigenvalue weighted by molar-refractivity contribution is 0.0366. The molecule has 1 aromatic carbocycles. The molecule has 0 amide bonds. The van der Waals surface area contributed by atoms with Gasteiger partial charge in [0.1, 0.15) is 0 Å². The minimum Gasteiger partial charge on any atom is -0.490 e. The topological polar surface area (TPSA) is 41.9 Å². The summed E-state index contributed by atoms with van der Waals surface area (Å²) in [6.07, 6.45) is 2.28. The molecule has 0 saturated carbocycles. The van der Waals surface area contributed by atoms with E-state index in [1.165, 1.54) is 0 Å². The number of nitrogens with zero attached hydrogens (tertiary/aromatic N) is 1. The zero-order valence-corrected chi connectivity index (χ0v) is 15.1. The van der Waals surface area contributed by atoms with Gasteiger partial charge in [0, 0.05) is 19.0 Å². The molecule has 130 valence electrons. The second-order valence-corrected chi connectivity index (χ2v) is 6.68. The predicted molar refractivity (Wildman–Crippen MR) is 93.7 cm³/mol. The maximum atomic E-state index is 10.2. The summed E-state index contributed by atoms with van der Waals surface area (Å²) in [5.74, 6) is 1.55. The molecule has 1 saturated heterocycles. The fourth-order valence-corrected chi connectivity index (χ4v) is 3.34. The number of rotatable bonds is 7. The second kappa shape index (κ2) is 8.76. The number of likely N-dealkylation sites (tertiary alicyclic amines) is 1. The molecule has 23 heavy (non-hydrogen) atoms. The molecule has 2 atom stereocenters. The van der Waals surface area contributed by atoms with E-state index >= 15 is 0 Å². The van der Waals surface area contributed by atoms with Gasteiger partial charge in [-0.15, -0.1) is 0 Å². The highest BCUT2D eigenvalue weighted by molar-refractivity contribution is 6.32. The number of ether oxygens (including phenoxy) is 2. The predicted octanol–water partition coefficient (Wildman–Crippen LogP) is 3.38. The third kappa shape index (κ3) is 5.00. The summed E-state index contributed by atoms with van der Waals surface area (Å²) >= 11 is 6.41. The van der Waals surface area contributed by atoms with E-state index in [2.05, 4.69) is 18.9 Å². The van der Waals surface area contributed by atoms with Gasteiger partial charge in [0.05, 0.1) is 24.3 Å². The van der Waals surface area contributed by atoms with Gasteiger partial charge in [-0.05, 0) is 50.9 Å². The molecule has 2 rings (SSSR count). The zero-order valence-electron chi connectivity index (χ0n) is 14.3. The number of hydrogen-bond acceptors (Lipinski definition) is 4. The van der Waals surface area contributed by atoms with Gasteiger partial charge in [0.15, 0.2) is 11.5 Å². The van der Waals surface area contributed by atoms with Gasteiger partial charge < -0.3 is 19.5 Å². The molecule has 0 aromatic heterocycles. The number of aliphatic hydroxyl groups is 1. The van der Waals surface area contributed by atoms with E-state index < -0.39 is 0 Å². The Balaban J connectivity index is 2.18. The van der Waals surface area contributed by atoms with E-state index in [1.807, 2.05) is 19.1 Å². The summed E-state index contributed by atoms with van der Waals surface area (Å²) in [6.45, 7) is 7.04. The van der Waals surface area contributed by atoms with Gasteiger partial charge >= 0.3 is 0 Å². The molecular weight excluding hydrogens is 314 g/mol. The quantitative estimate of drug-likeness (QED) is 0.825. The maximum Gasteiger partial charge on any atom is 0.179 e. The summed E-state index contributed by atoms with van der Waals surface area (Å²) in [7, 11) is 2.10. The average molecular weight is 342 g/mol. The van der Waals surface area contributed by atoms with Crippen LogP contribution in [0.4, 0.5) is 0 Å². The lowest BCUT2D eigenvalue weighted by Crippen LogP contribution is -2.41. The second-order valence-electron chi connectivity index (χ2n) is 6.27. The first-order valence-corrected chi connectivity index (χ1v) is 8.87. The normalized spacial score (nSPS) is 22.1. The van der Waals surface area contributed by atoms with E-state index in [0.29, 0.717) is 29.7 Å². The summed E-state index contributed by atoms with van der Waals surface area (Å²) in [4.78, 5) is 2.27. The van der Waals surface area contributed by atoms with Crippen LogP contribution in [0.25, 0.3) is 0 Å². The first-order chi connectivity index (χ1) is 11.0. The number of aliphatic hydroxyl groups excluding tert-OH is 1. The van der Waals surface area contributed by atoms with Crippen LogP contribution < -0.4 is 9.47 Å². The smallest absolute Gasteiger partial charge is 0.179 e. The van der Waals surface area contributed by atoms with Crippen molar-refractivity contribution in [3.05, 3.63) is 22.7 Å². The monoisotopic (exact) mass is 341 g/mol. The van der Waals surface area contributed by atoms with Crippen molar-refractivity contribution < 1.29 is 14.6 Å². The van der Waals surface area contributed by atoms with Gasteiger partial charge in [-0.3, -0.25) is 0 Å². The Morgan fingerprint density at radius 3 is 2.78 bits per heavy atom. The van der Waals surface area contributed by atoms with Gasteiger partial charge in [0.25, 0.3) is 0 Å². The molecule has 1 heterocycles. The first kappa shape index (κ1) is 18.4. The molecule has 1 aliphatic heterocycles. The first-order valence-electron chi connectivity index (χ1n) is 8.49. The number of piperidine rings is 1. The fourth-order valence-electron chi connectivity index (χ4n) is 3.05. The Bertz CT molecular complexity index is 509. The molecule has 1 aliphatic rings. The Hall–Kier alpha value is -0.970. The molecule has 4 nitrogen and oxygen atoms in total. The van der Waals surface area contributed by atoms with Gasteiger partial charge in [-0.2, -0.15) is 0 Å². The molecule has 1 fully saturated rings. The summed E-state index contributed by atoms with van der Waals surface area (Å²) in [5, 5.41) is 10.8. The van der Waals surface area contributed by atoms with Crippen molar-refractivity contribution in [2.24, 2.45) is 5.92 Å². The lowest BCUT2D eigenvalue weighted by atomic mass is 9.89. The minimum absolute atomic E-state index is 0.224. The van der Waals surface area contributed by atoms with Crippen LogP contribution in [0, 0.1) is 5.92 Å². The minimum atomic E-state index is -0.253. The molecule has 0 spiro atoms. The van der Waals surface area contributed by atoms with Crippen molar-refractivity contribution in [1.82, 2.24) is 4.90 Å². The van der Waals surface area contributed by atoms with Crippen LogP contribution in [0.3, 0.4) is 0 Å². The van der Waals surface area contributed by atoms with Crippen molar-refractivity contribution in [2.75, 3.05) is 33.4 Å². The average Bonchev–Trinajstić information content (AvgIpc) is 2.50. The van der Waals surface area contributed by atoms with E-state index in [9.17, 15) is 5.11 Å². The van der Waals surface area contributed by atoms with Crippen LogP contribution in [-0.4, -0.2) is 49.5 Å². The van der Waals surface area contributed by atoms with Crippen LogP contribution in [-0.2, 0) is 6.42 Å². The largest absolute Gasteiger partial charge is 0.490 e. The molecule has 0 radical (unpaired) electrons. The Kier molecular flexibility index (Phi) is 7.00. The zero-order chi connectivity index (χ0) is 16.8. The van der Waals surface area contributed by atoms with Gasteiger partial charge in [-0.25, -0.2) is 0 Å². The van der Waals surface area contributed by atoms with E-state index in [0.717, 1.165) is 37.9 Å². The highest BCUT2D eigenvalue weighted by atomic mass is 35.5. The van der Waals surface area contributed by atoms with Gasteiger partial charge in [0.2, 0.25) is 0 Å². The van der Waals surface area contributed by atoms with Crippen LogP contribution in [0.1, 0.15) is 32.3 Å². The van der Waals surface area contributed by atoms with Gasteiger partial charge in [-0.1, -0.05) is 18.5 Å². The standard InChI is InChI=1S/C18H28ClNO3/c1-4-8-23-18-15(19)10-13(11-17(18)22-5-2)9-14-12-20(3)7-6-16(14)21/h10-11,14,16,21H,4-9,12H2,1-3H3. The van der Waals surface area contributed by atoms with Crippen LogP contribution in [0.2, 0.25) is 5.02 Å². The molecule has 1 aromatic rings. The number of halogens is 1.